The van der Waals surface area contributed by atoms with Crippen LogP contribution in [0.1, 0.15) is 44.9 Å². The molecule has 2 unspecified atom stereocenters. The van der Waals surface area contributed by atoms with Crippen molar-refractivity contribution in [2.75, 3.05) is 6.61 Å². The Morgan fingerprint density at radius 1 is 1.14 bits per heavy atom. The van der Waals surface area contributed by atoms with E-state index in [2.05, 4.69) is 0 Å². The molecule has 0 amide bonds. The molecule has 1 N–H and O–H groups in total. The highest BCUT2D eigenvalue weighted by Crippen LogP contribution is 2.62. The summed E-state index contributed by atoms with van der Waals surface area (Å²) in [5, 5.41) is 21.2. The summed E-state index contributed by atoms with van der Waals surface area (Å²) in [6.45, 7) is 0.0511. The topological polar surface area (TPSA) is 40.1 Å². The summed E-state index contributed by atoms with van der Waals surface area (Å²) in [5.41, 5.74) is -0.125. The molecular weight excluding hydrogens is 176 g/mol. The predicted molar refractivity (Wildman–Crippen MR) is 52.2 cm³/mol. The highest BCUT2D eigenvalue weighted by molar-refractivity contribution is 5.08. The molecule has 0 heterocycles. The van der Waals surface area contributed by atoms with Crippen LogP contribution in [0.2, 0.25) is 0 Å². The molecule has 4 bridgehead atoms. The van der Waals surface area contributed by atoms with Crippen LogP contribution >= 0.6 is 0 Å². The Bertz CT molecular complexity index is 235. The van der Waals surface area contributed by atoms with Crippen molar-refractivity contribution in [3.8, 4) is 0 Å². The summed E-state index contributed by atoms with van der Waals surface area (Å²) in [6, 6.07) is 0. The fraction of sp³-hybridized carbons (Fsp3) is 1.00. The molecule has 4 aliphatic carbocycles. The van der Waals surface area contributed by atoms with Gasteiger partial charge in [0.05, 0.1) is 12.2 Å². The first-order valence-electron chi connectivity index (χ1n) is 5.94. The lowest BCUT2D eigenvalue weighted by Gasteiger charge is -2.60. The van der Waals surface area contributed by atoms with E-state index in [4.69, 9.17) is 0 Å². The quantitative estimate of drug-likeness (QED) is 0.720. The highest BCUT2D eigenvalue weighted by Gasteiger charge is 2.56. The first kappa shape index (κ1) is 9.17. The van der Waals surface area contributed by atoms with Gasteiger partial charge in [-0.05, 0) is 62.2 Å². The number of rotatable bonds is 2. The lowest BCUT2D eigenvalue weighted by Crippen LogP contribution is -2.55. The first-order chi connectivity index (χ1) is 6.63. The van der Waals surface area contributed by atoms with Gasteiger partial charge in [0.2, 0.25) is 0 Å². The van der Waals surface area contributed by atoms with Crippen molar-refractivity contribution in [2.45, 2.75) is 50.5 Å². The van der Waals surface area contributed by atoms with E-state index < -0.39 is 0 Å². The van der Waals surface area contributed by atoms with Crippen molar-refractivity contribution in [3.63, 3.8) is 0 Å². The Hall–Kier alpha value is -0.0800. The average molecular weight is 195 g/mol. The summed E-state index contributed by atoms with van der Waals surface area (Å²) < 4.78 is 0. The second-order valence-electron chi connectivity index (χ2n) is 6.14. The third-order valence-electron chi connectivity index (χ3n) is 4.78. The van der Waals surface area contributed by atoms with Gasteiger partial charge < -0.3 is 5.11 Å². The summed E-state index contributed by atoms with van der Waals surface area (Å²) >= 11 is 0. The molecule has 2 nitrogen and oxygen atoms in total. The molecule has 0 aromatic heterocycles. The predicted octanol–water partition coefficient (Wildman–Crippen LogP) is 2.14. The van der Waals surface area contributed by atoms with Gasteiger partial charge in [-0.2, -0.15) is 0 Å². The molecule has 4 aliphatic rings. The SMILES string of the molecule is [O]CCC12CC3CC(CC(O)(C3)C1)C2. The van der Waals surface area contributed by atoms with E-state index in [0.29, 0.717) is 0 Å². The second-order valence-corrected chi connectivity index (χ2v) is 6.14. The Morgan fingerprint density at radius 2 is 1.79 bits per heavy atom. The molecule has 0 aromatic carbocycles. The fourth-order valence-electron chi connectivity index (χ4n) is 4.91. The number of hydrogen-bond donors (Lipinski definition) is 1. The Kier molecular flexibility index (Phi) is 1.79. The van der Waals surface area contributed by atoms with Gasteiger partial charge in [0.25, 0.3) is 0 Å². The van der Waals surface area contributed by atoms with Crippen molar-refractivity contribution in [2.24, 2.45) is 17.3 Å². The number of hydrogen-bond acceptors (Lipinski definition) is 1. The van der Waals surface area contributed by atoms with Crippen LogP contribution in [0.4, 0.5) is 0 Å². The molecule has 4 saturated carbocycles. The van der Waals surface area contributed by atoms with Gasteiger partial charge in [-0.3, -0.25) is 0 Å². The summed E-state index contributed by atoms with van der Waals surface area (Å²) in [4.78, 5) is 0. The van der Waals surface area contributed by atoms with Crippen LogP contribution in [0.5, 0.6) is 0 Å². The second kappa shape index (κ2) is 2.73. The van der Waals surface area contributed by atoms with Gasteiger partial charge in [0.1, 0.15) is 0 Å². The zero-order valence-corrected chi connectivity index (χ0v) is 8.67. The standard InChI is InChI=1S/C12H19O2/c13-2-1-11-4-9-3-10(5-11)7-12(14,6-9)8-11/h9-10,14H,1-8H2. The van der Waals surface area contributed by atoms with Crippen molar-refractivity contribution in [1.82, 2.24) is 0 Å². The van der Waals surface area contributed by atoms with Crippen LogP contribution in [0.15, 0.2) is 0 Å². The van der Waals surface area contributed by atoms with Crippen molar-refractivity contribution < 1.29 is 10.2 Å². The van der Waals surface area contributed by atoms with Gasteiger partial charge in [-0.1, -0.05) is 0 Å². The lowest BCUT2D eigenvalue weighted by atomic mass is 9.47. The van der Waals surface area contributed by atoms with E-state index >= 15 is 0 Å². The Labute approximate surface area is 85.3 Å². The van der Waals surface area contributed by atoms with Crippen LogP contribution < -0.4 is 0 Å². The molecular formula is C12H19O2. The van der Waals surface area contributed by atoms with Gasteiger partial charge >= 0.3 is 0 Å². The Balaban J connectivity index is 1.89. The summed E-state index contributed by atoms with van der Waals surface area (Å²) in [5.74, 6) is 1.46. The molecule has 0 saturated heterocycles. The summed E-state index contributed by atoms with van der Waals surface area (Å²) in [7, 11) is 0. The van der Waals surface area contributed by atoms with Gasteiger partial charge in [-0.15, -0.1) is 0 Å². The van der Waals surface area contributed by atoms with Crippen LogP contribution in [-0.2, 0) is 5.11 Å². The number of aliphatic hydroxyl groups is 1. The molecule has 4 rings (SSSR count). The van der Waals surface area contributed by atoms with Gasteiger partial charge in [0.15, 0.2) is 0 Å². The van der Waals surface area contributed by atoms with Crippen molar-refractivity contribution in [3.05, 3.63) is 0 Å². The van der Waals surface area contributed by atoms with Gasteiger partial charge in [-0.25, -0.2) is 5.11 Å². The molecule has 2 heteroatoms. The maximum atomic E-state index is 10.8. The lowest BCUT2D eigenvalue weighted by molar-refractivity contribution is -0.169. The molecule has 2 atom stereocenters. The smallest absolute Gasteiger partial charge is 0.0827 e. The zero-order chi connectivity index (χ0) is 9.81. The molecule has 0 aliphatic heterocycles. The first-order valence-corrected chi connectivity index (χ1v) is 5.94. The van der Waals surface area contributed by atoms with E-state index in [1.807, 2.05) is 0 Å². The monoisotopic (exact) mass is 195 g/mol. The molecule has 79 valence electrons. The molecule has 4 fully saturated rings. The van der Waals surface area contributed by atoms with Crippen molar-refractivity contribution in [1.29, 1.82) is 0 Å². The summed E-state index contributed by atoms with van der Waals surface area (Å²) in [6.07, 6.45) is 7.55. The van der Waals surface area contributed by atoms with Gasteiger partial charge in [0, 0.05) is 0 Å². The average Bonchev–Trinajstić information content (AvgIpc) is 1.97. The van der Waals surface area contributed by atoms with Crippen molar-refractivity contribution >= 4 is 0 Å². The van der Waals surface area contributed by atoms with E-state index in [1.54, 1.807) is 0 Å². The molecule has 1 radical (unpaired) electrons. The molecule has 0 aromatic rings. The van der Waals surface area contributed by atoms with E-state index in [1.165, 1.54) is 19.3 Å². The Morgan fingerprint density at radius 3 is 2.29 bits per heavy atom. The van der Waals surface area contributed by atoms with Crippen LogP contribution in [-0.4, -0.2) is 17.3 Å². The maximum Gasteiger partial charge on any atom is 0.0827 e. The van der Waals surface area contributed by atoms with Crippen LogP contribution in [0, 0.1) is 17.3 Å². The normalized spacial score (nSPS) is 55.3. The third-order valence-corrected chi connectivity index (χ3v) is 4.78. The zero-order valence-electron chi connectivity index (χ0n) is 8.67. The minimum absolute atomic E-state index is 0.0511. The van der Waals surface area contributed by atoms with Crippen LogP contribution in [0.25, 0.3) is 0 Å². The minimum Gasteiger partial charge on any atom is -0.390 e. The molecule has 14 heavy (non-hydrogen) atoms. The van der Waals surface area contributed by atoms with E-state index in [9.17, 15) is 10.2 Å². The fourth-order valence-corrected chi connectivity index (χ4v) is 4.91. The molecule has 0 spiro atoms. The largest absolute Gasteiger partial charge is 0.390 e. The maximum absolute atomic E-state index is 10.8. The minimum atomic E-state index is -0.376. The highest BCUT2D eigenvalue weighted by atomic mass is 16.3. The van der Waals surface area contributed by atoms with Crippen LogP contribution in [0.3, 0.4) is 0 Å². The third kappa shape index (κ3) is 1.24. The van der Waals surface area contributed by atoms with E-state index in [0.717, 1.165) is 37.5 Å². The van der Waals surface area contributed by atoms with E-state index in [-0.39, 0.29) is 17.6 Å².